The van der Waals surface area contributed by atoms with Crippen LogP contribution < -0.4 is 5.73 Å². The second kappa shape index (κ2) is 11.9. The molecule has 6 atom stereocenters. The van der Waals surface area contributed by atoms with Crippen LogP contribution in [-0.2, 0) is 33.2 Å². The van der Waals surface area contributed by atoms with E-state index in [0.717, 1.165) is 5.56 Å². The van der Waals surface area contributed by atoms with Gasteiger partial charge in [0.25, 0.3) is 0 Å². The van der Waals surface area contributed by atoms with Gasteiger partial charge in [-0.05, 0) is 0 Å². The molecule has 2 saturated heterocycles. The van der Waals surface area contributed by atoms with Crippen molar-refractivity contribution >= 4 is 0 Å². The molecule has 9 nitrogen and oxygen atoms in total. The van der Waals surface area contributed by atoms with Gasteiger partial charge in [-0.3, -0.25) is 0 Å². The topological polar surface area (TPSA) is 111 Å². The van der Waals surface area contributed by atoms with E-state index >= 15 is 0 Å². The molecule has 9 heteroatoms. The van der Waals surface area contributed by atoms with Crippen LogP contribution in [0.3, 0.4) is 0 Å². The van der Waals surface area contributed by atoms with E-state index in [-0.39, 0.29) is 6.61 Å². The van der Waals surface area contributed by atoms with E-state index in [2.05, 4.69) is 0 Å². The molecule has 0 radical (unpaired) electrons. The minimum atomic E-state index is -0.913. The van der Waals surface area contributed by atoms with Crippen LogP contribution in [0.5, 0.6) is 0 Å². The van der Waals surface area contributed by atoms with Crippen molar-refractivity contribution < 1.29 is 38.3 Å². The van der Waals surface area contributed by atoms with Gasteiger partial charge in [0.05, 0.1) is 39.6 Å². The summed E-state index contributed by atoms with van der Waals surface area (Å²) < 4.78 is 39.6. The normalized spacial score (nSPS) is 32.1. The summed E-state index contributed by atoms with van der Waals surface area (Å²) in [4.78, 5) is 0. The summed E-state index contributed by atoms with van der Waals surface area (Å²) in [6.07, 6.45) is -3.92. The number of rotatable bonds is 11. The van der Waals surface area contributed by atoms with E-state index in [9.17, 15) is 5.11 Å². The number of fused-ring (bicyclic) bond motifs is 1. The lowest BCUT2D eigenvalue weighted by molar-refractivity contribution is -0.364. The molecule has 0 aromatic heterocycles. The highest BCUT2D eigenvalue weighted by atomic mass is 16.8. The lowest BCUT2D eigenvalue weighted by atomic mass is 9.97. The number of hydrogen-bond acceptors (Lipinski definition) is 9. The van der Waals surface area contributed by atoms with Crippen molar-refractivity contribution in [2.75, 3.05) is 53.3 Å². The fourth-order valence-corrected chi connectivity index (χ4v) is 3.36. The average Bonchev–Trinajstić information content (AvgIpc) is 2.76. The smallest absolute Gasteiger partial charge is 0.187 e. The predicted molar refractivity (Wildman–Crippen MR) is 102 cm³/mol. The minimum absolute atomic E-state index is 0.284. The zero-order valence-corrected chi connectivity index (χ0v) is 16.7. The van der Waals surface area contributed by atoms with Crippen LogP contribution in [0.4, 0.5) is 0 Å². The maximum atomic E-state index is 10.8. The first-order valence-corrected chi connectivity index (χ1v) is 9.90. The number of aliphatic hydroxyl groups excluding tert-OH is 1. The molecule has 3 N–H and O–H groups in total. The van der Waals surface area contributed by atoms with Gasteiger partial charge in [0.15, 0.2) is 12.6 Å². The molecule has 0 amide bonds. The van der Waals surface area contributed by atoms with Crippen molar-refractivity contribution in [3.05, 3.63) is 35.9 Å². The van der Waals surface area contributed by atoms with Crippen molar-refractivity contribution in [1.29, 1.82) is 0 Å². The van der Waals surface area contributed by atoms with Crippen LogP contribution in [0.15, 0.2) is 30.3 Å². The molecule has 1 aromatic rings. The molecule has 2 heterocycles. The number of hydrogen-bond donors (Lipinski definition) is 2. The number of methoxy groups -OCH3 is 1. The average molecular weight is 413 g/mol. The molecule has 0 aliphatic carbocycles. The van der Waals surface area contributed by atoms with Gasteiger partial charge in [-0.25, -0.2) is 0 Å². The lowest BCUT2D eigenvalue weighted by Crippen LogP contribution is -2.62. The maximum Gasteiger partial charge on any atom is 0.187 e. The van der Waals surface area contributed by atoms with E-state index < -0.39 is 37.0 Å². The first-order chi connectivity index (χ1) is 14.2. The van der Waals surface area contributed by atoms with Crippen molar-refractivity contribution in [2.24, 2.45) is 5.73 Å². The van der Waals surface area contributed by atoms with E-state index in [1.165, 1.54) is 7.11 Å². The third-order valence-corrected chi connectivity index (χ3v) is 4.80. The molecule has 164 valence electrons. The zero-order chi connectivity index (χ0) is 20.5. The van der Waals surface area contributed by atoms with Crippen molar-refractivity contribution in [1.82, 2.24) is 0 Å². The highest BCUT2D eigenvalue weighted by molar-refractivity contribution is 5.16. The highest BCUT2D eigenvalue weighted by Crippen LogP contribution is 2.35. The van der Waals surface area contributed by atoms with Gasteiger partial charge < -0.3 is 44.0 Å². The number of nitrogens with two attached hydrogens (primary N) is 1. The summed E-state index contributed by atoms with van der Waals surface area (Å²) in [5, 5.41) is 10.8. The lowest BCUT2D eigenvalue weighted by Gasteiger charge is -2.47. The van der Waals surface area contributed by atoms with Gasteiger partial charge in [-0.15, -0.1) is 0 Å². The van der Waals surface area contributed by atoms with E-state index in [0.29, 0.717) is 39.6 Å². The van der Waals surface area contributed by atoms with Gasteiger partial charge in [0.2, 0.25) is 0 Å². The summed E-state index contributed by atoms with van der Waals surface area (Å²) in [7, 11) is 1.51. The number of ether oxygens (including phenoxy) is 7. The molecule has 0 saturated carbocycles. The quantitative estimate of drug-likeness (QED) is 0.492. The summed E-state index contributed by atoms with van der Waals surface area (Å²) >= 11 is 0. The molecule has 0 bridgehead atoms. The summed E-state index contributed by atoms with van der Waals surface area (Å²) in [6.45, 7) is 2.89. The van der Waals surface area contributed by atoms with Crippen molar-refractivity contribution in [3.63, 3.8) is 0 Å². The fourth-order valence-electron chi connectivity index (χ4n) is 3.36. The van der Waals surface area contributed by atoms with E-state index in [4.69, 9.17) is 38.9 Å². The van der Waals surface area contributed by atoms with Crippen LogP contribution >= 0.6 is 0 Å². The van der Waals surface area contributed by atoms with Crippen molar-refractivity contribution in [2.45, 2.75) is 37.0 Å². The molecule has 0 spiro atoms. The highest BCUT2D eigenvalue weighted by Gasteiger charge is 2.50. The van der Waals surface area contributed by atoms with Crippen LogP contribution in [0.1, 0.15) is 11.9 Å². The third-order valence-electron chi connectivity index (χ3n) is 4.80. The SMILES string of the molecule is COC1C(O)[C@@H]2OC(c3ccccc3)OCC2O[C@@H]1OCCOCCOCCN. The summed E-state index contributed by atoms with van der Waals surface area (Å²) in [5.41, 5.74) is 6.23. The first kappa shape index (κ1) is 22.5. The summed E-state index contributed by atoms with van der Waals surface area (Å²) in [6, 6.07) is 9.59. The predicted octanol–water partition coefficient (Wildman–Crippen LogP) is 0.210. The van der Waals surface area contributed by atoms with E-state index in [1.54, 1.807) is 0 Å². The van der Waals surface area contributed by atoms with Crippen molar-refractivity contribution in [3.8, 4) is 0 Å². The monoisotopic (exact) mass is 413 g/mol. The molecule has 29 heavy (non-hydrogen) atoms. The second-order valence-electron chi connectivity index (χ2n) is 6.79. The first-order valence-electron chi connectivity index (χ1n) is 9.90. The Morgan fingerprint density at radius 1 is 1.03 bits per heavy atom. The second-order valence-corrected chi connectivity index (χ2v) is 6.79. The van der Waals surface area contributed by atoms with Gasteiger partial charge >= 0.3 is 0 Å². The fraction of sp³-hybridized carbons (Fsp3) is 0.700. The Hall–Kier alpha value is -1.14. The molecule has 4 unspecified atom stereocenters. The van der Waals surface area contributed by atoms with Gasteiger partial charge in [0, 0.05) is 19.2 Å². The molecule has 2 aliphatic heterocycles. The minimum Gasteiger partial charge on any atom is -0.387 e. The van der Waals surface area contributed by atoms with Gasteiger partial charge in [-0.2, -0.15) is 0 Å². The van der Waals surface area contributed by atoms with Crippen LogP contribution in [-0.4, -0.2) is 89.1 Å². The maximum absolute atomic E-state index is 10.8. The Morgan fingerprint density at radius 3 is 2.48 bits per heavy atom. The largest absolute Gasteiger partial charge is 0.387 e. The molecule has 2 aliphatic rings. The molecule has 2 fully saturated rings. The zero-order valence-electron chi connectivity index (χ0n) is 16.7. The Morgan fingerprint density at radius 2 is 1.76 bits per heavy atom. The number of benzene rings is 1. The standard InChI is InChI=1S/C20H31NO8/c1-23-18-16(22)17-15(13-27-19(29-17)14-5-3-2-4-6-14)28-20(18)26-12-11-25-10-9-24-8-7-21/h2-6,15-20,22H,7-13,21H2,1H3/t15?,16?,17-,18?,19?,20+/m1/s1. The van der Waals surface area contributed by atoms with Crippen LogP contribution in [0.25, 0.3) is 0 Å². The van der Waals surface area contributed by atoms with E-state index in [1.807, 2.05) is 30.3 Å². The Kier molecular flexibility index (Phi) is 9.25. The van der Waals surface area contributed by atoms with Crippen LogP contribution in [0.2, 0.25) is 0 Å². The molecule has 3 rings (SSSR count). The summed E-state index contributed by atoms with van der Waals surface area (Å²) in [5.74, 6) is 0. The third kappa shape index (κ3) is 6.17. The molecule has 1 aromatic carbocycles. The Labute approximate surface area is 170 Å². The Bertz CT molecular complexity index is 577. The Balaban J connectivity index is 1.46. The van der Waals surface area contributed by atoms with Crippen LogP contribution in [0, 0.1) is 0 Å². The van der Waals surface area contributed by atoms with Gasteiger partial charge in [0.1, 0.15) is 24.4 Å². The molecular weight excluding hydrogens is 382 g/mol. The molecular formula is C20H31NO8. The number of aliphatic hydroxyl groups is 1. The van der Waals surface area contributed by atoms with Gasteiger partial charge in [-0.1, -0.05) is 30.3 Å².